The van der Waals surface area contributed by atoms with E-state index in [9.17, 15) is 12.8 Å². The average molecular weight is 300 g/mol. The third-order valence-corrected chi connectivity index (χ3v) is 5.08. The van der Waals surface area contributed by atoms with E-state index in [0.29, 0.717) is 18.7 Å². The van der Waals surface area contributed by atoms with Gasteiger partial charge in [0.25, 0.3) is 0 Å². The van der Waals surface area contributed by atoms with Crippen LogP contribution in [0.5, 0.6) is 0 Å². The Morgan fingerprint density at radius 1 is 1.30 bits per heavy atom. The Morgan fingerprint density at radius 3 is 2.45 bits per heavy atom. The molecule has 1 atom stereocenters. The summed E-state index contributed by atoms with van der Waals surface area (Å²) in [6, 6.07) is 6.88. The molecule has 0 aromatic heterocycles. The van der Waals surface area contributed by atoms with Crippen molar-refractivity contribution in [1.82, 2.24) is 9.62 Å². The van der Waals surface area contributed by atoms with Gasteiger partial charge in [-0.05, 0) is 25.8 Å². The number of piperidine rings is 1. The van der Waals surface area contributed by atoms with Crippen LogP contribution in [0, 0.1) is 5.82 Å². The van der Waals surface area contributed by atoms with Crippen molar-refractivity contribution in [2.24, 2.45) is 0 Å². The fraction of sp³-hybridized carbons (Fsp3) is 0.571. The molecule has 0 amide bonds. The van der Waals surface area contributed by atoms with Crippen LogP contribution in [0.25, 0.3) is 0 Å². The number of benzene rings is 1. The van der Waals surface area contributed by atoms with Gasteiger partial charge in [-0.25, -0.2) is 17.1 Å². The van der Waals surface area contributed by atoms with Crippen LogP contribution in [0.15, 0.2) is 24.3 Å². The van der Waals surface area contributed by atoms with Gasteiger partial charge in [0.1, 0.15) is 5.82 Å². The first kappa shape index (κ1) is 15.4. The highest BCUT2D eigenvalue weighted by Crippen LogP contribution is 2.20. The van der Waals surface area contributed by atoms with Crippen LogP contribution in [0.4, 0.5) is 4.39 Å². The standard InChI is InChI=1S/C14H21FN2O2S/c1-11(13-5-3-4-6-14(13)15)16-12-7-9-17(10-8-12)20(2,18)19/h3-6,11-12,16H,7-10H2,1-2H3. The van der Waals surface area contributed by atoms with Crippen LogP contribution in [0.3, 0.4) is 0 Å². The van der Waals surface area contributed by atoms with E-state index in [1.807, 2.05) is 13.0 Å². The Bertz CT molecular complexity index is 554. The van der Waals surface area contributed by atoms with Gasteiger partial charge in [0.05, 0.1) is 6.26 Å². The van der Waals surface area contributed by atoms with E-state index in [2.05, 4.69) is 5.32 Å². The number of hydrogen-bond donors (Lipinski definition) is 1. The molecule has 1 fully saturated rings. The lowest BCUT2D eigenvalue weighted by atomic mass is 10.0. The van der Waals surface area contributed by atoms with Crippen LogP contribution in [0.2, 0.25) is 0 Å². The Balaban J connectivity index is 1.91. The third-order valence-electron chi connectivity index (χ3n) is 3.78. The van der Waals surface area contributed by atoms with Crippen molar-refractivity contribution in [2.75, 3.05) is 19.3 Å². The predicted molar refractivity (Wildman–Crippen MR) is 77.4 cm³/mol. The van der Waals surface area contributed by atoms with E-state index in [4.69, 9.17) is 0 Å². The van der Waals surface area contributed by atoms with Crippen LogP contribution in [0.1, 0.15) is 31.4 Å². The number of hydrogen-bond acceptors (Lipinski definition) is 3. The van der Waals surface area contributed by atoms with Crippen molar-refractivity contribution in [3.8, 4) is 0 Å². The normalized spacial score (nSPS) is 19.9. The van der Waals surface area contributed by atoms with E-state index < -0.39 is 10.0 Å². The molecule has 1 heterocycles. The van der Waals surface area contributed by atoms with E-state index >= 15 is 0 Å². The summed E-state index contributed by atoms with van der Waals surface area (Å²) in [4.78, 5) is 0. The molecule has 20 heavy (non-hydrogen) atoms. The summed E-state index contributed by atoms with van der Waals surface area (Å²) in [5.74, 6) is -0.207. The quantitative estimate of drug-likeness (QED) is 0.924. The van der Waals surface area contributed by atoms with Crippen molar-refractivity contribution < 1.29 is 12.8 Å². The van der Waals surface area contributed by atoms with Gasteiger partial charge in [0.2, 0.25) is 10.0 Å². The first-order valence-corrected chi connectivity index (χ1v) is 8.68. The Morgan fingerprint density at radius 2 is 1.90 bits per heavy atom. The molecule has 0 aliphatic carbocycles. The summed E-state index contributed by atoms with van der Waals surface area (Å²) < 4.78 is 38.1. The molecule has 6 heteroatoms. The fourth-order valence-electron chi connectivity index (χ4n) is 2.62. The van der Waals surface area contributed by atoms with Gasteiger partial charge in [-0.2, -0.15) is 0 Å². The number of sulfonamides is 1. The van der Waals surface area contributed by atoms with Crippen LogP contribution < -0.4 is 5.32 Å². The van der Waals surface area contributed by atoms with E-state index in [0.717, 1.165) is 12.8 Å². The van der Waals surface area contributed by atoms with Crippen LogP contribution in [-0.2, 0) is 10.0 Å². The third kappa shape index (κ3) is 3.77. The van der Waals surface area contributed by atoms with Crippen molar-refractivity contribution in [3.63, 3.8) is 0 Å². The zero-order chi connectivity index (χ0) is 14.8. The zero-order valence-electron chi connectivity index (χ0n) is 11.8. The summed E-state index contributed by atoms with van der Waals surface area (Å²) in [6.45, 7) is 2.99. The second-order valence-corrected chi connectivity index (χ2v) is 7.33. The summed E-state index contributed by atoms with van der Waals surface area (Å²) in [7, 11) is -3.09. The van der Waals surface area contributed by atoms with Crippen molar-refractivity contribution >= 4 is 10.0 Å². The van der Waals surface area contributed by atoms with Gasteiger partial charge >= 0.3 is 0 Å². The number of rotatable bonds is 4. The maximum atomic E-state index is 13.7. The van der Waals surface area contributed by atoms with Crippen molar-refractivity contribution in [1.29, 1.82) is 0 Å². The summed E-state index contributed by atoms with van der Waals surface area (Å²) in [6.07, 6.45) is 2.75. The predicted octanol–water partition coefficient (Wildman–Crippen LogP) is 1.90. The van der Waals surface area contributed by atoms with Gasteiger partial charge < -0.3 is 5.32 Å². The summed E-state index contributed by atoms with van der Waals surface area (Å²) >= 11 is 0. The van der Waals surface area contributed by atoms with E-state index in [1.54, 1.807) is 12.1 Å². The Labute approximate surface area is 120 Å². The molecule has 1 aromatic rings. The van der Waals surface area contributed by atoms with Gasteiger partial charge in [-0.1, -0.05) is 18.2 Å². The molecule has 1 aliphatic rings. The molecule has 1 unspecified atom stereocenters. The monoisotopic (exact) mass is 300 g/mol. The largest absolute Gasteiger partial charge is 0.307 e. The molecule has 4 nitrogen and oxygen atoms in total. The highest BCUT2D eigenvalue weighted by molar-refractivity contribution is 7.88. The molecule has 1 aromatic carbocycles. The Hall–Kier alpha value is -0.980. The zero-order valence-corrected chi connectivity index (χ0v) is 12.7. The van der Waals surface area contributed by atoms with E-state index in [1.165, 1.54) is 16.6 Å². The first-order valence-electron chi connectivity index (χ1n) is 6.83. The highest BCUT2D eigenvalue weighted by Gasteiger charge is 2.26. The molecular weight excluding hydrogens is 279 g/mol. The molecule has 0 bridgehead atoms. The van der Waals surface area contributed by atoms with Crippen LogP contribution >= 0.6 is 0 Å². The lowest BCUT2D eigenvalue weighted by molar-refractivity contribution is 0.277. The lowest BCUT2D eigenvalue weighted by Gasteiger charge is -2.32. The molecule has 0 saturated carbocycles. The minimum Gasteiger partial charge on any atom is -0.307 e. The minimum absolute atomic E-state index is 0.0778. The second kappa shape index (κ2) is 6.20. The molecule has 1 saturated heterocycles. The average Bonchev–Trinajstić information content (AvgIpc) is 2.38. The minimum atomic E-state index is -3.09. The SMILES string of the molecule is CC(NC1CCN(S(C)(=O)=O)CC1)c1ccccc1F. The summed E-state index contributed by atoms with van der Waals surface area (Å²) in [5, 5.41) is 3.39. The molecule has 1 aliphatic heterocycles. The molecule has 2 rings (SSSR count). The Kier molecular flexibility index (Phi) is 4.78. The molecule has 0 spiro atoms. The van der Waals surface area contributed by atoms with Gasteiger partial charge in [-0.15, -0.1) is 0 Å². The maximum Gasteiger partial charge on any atom is 0.211 e. The number of halogens is 1. The number of nitrogens with one attached hydrogen (secondary N) is 1. The fourth-order valence-corrected chi connectivity index (χ4v) is 3.50. The van der Waals surface area contributed by atoms with Gasteiger partial charge in [0.15, 0.2) is 0 Å². The first-order chi connectivity index (χ1) is 9.38. The van der Waals surface area contributed by atoms with Crippen LogP contribution in [-0.4, -0.2) is 38.1 Å². The molecule has 0 radical (unpaired) electrons. The maximum absolute atomic E-state index is 13.7. The second-order valence-electron chi connectivity index (χ2n) is 5.35. The molecule has 112 valence electrons. The smallest absolute Gasteiger partial charge is 0.211 e. The van der Waals surface area contributed by atoms with Crippen molar-refractivity contribution in [3.05, 3.63) is 35.6 Å². The molecule has 1 N–H and O–H groups in total. The molecular formula is C14H21FN2O2S. The topological polar surface area (TPSA) is 49.4 Å². The summed E-state index contributed by atoms with van der Waals surface area (Å²) in [5.41, 5.74) is 0.651. The van der Waals surface area contributed by atoms with Gasteiger partial charge in [0, 0.05) is 30.7 Å². The van der Waals surface area contributed by atoms with Gasteiger partial charge in [-0.3, -0.25) is 0 Å². The van der Waals surface area contributed by atoms with Crippen molar-refractivity contribution in [2.45, 2.75) is 31.8 Å². The number of nitrogens with zero attached hydrogens (tertiary/aromatic N) is 1. The highest BCUT2D eigenvalue weighted by atomic mass is 32.2. The van der Waals surface area contributed by atoms with E-state index in [-0.39, 0.29) is 17.9 Å². The lowest BCUT2D eigenvalue weighted by Crippen LogP contribution is -2.45.